The Hall–Kier alpha value is -2.50. The Morgan fingerprint density at radius 2 is 2.00 bits per heavy atom. The number of hydrogen-bond acceptors (Lipinski definition) is 4. The van der Waals surface area contributed by atoms with E-state index in [-0.39, 0.29) is 18.4 Å². The van der Waals surface area contributed by atoms with E-state index in [1.54, 1.807) is 45.5 Å². The van der Waals surface area contributed by atoms with Gasteiger partial charge in [0.05, 0.1) is 20.8 Å². The summed E-state index contributed by atoms with van der Waals surface area (Å²) in [5, 5.41) is 2.73. The summed E-state index contributed by atoms with van der Waals surface area (Å²) in [5.41, 5.74) is 0.726. The molecule has 0 aromatic heterocycles. The van der Waals surface area contributed by atoms with Crippen LogP contribution in [0.25, 0.3) is 6.08 Å². The highest BCUT2D eigenvalue weighted by Gasteiger charge is 2.10. The van der Waals surface area contributed by atoms with Crippen LogP contribution in [-0.4, -0.2) is 51.1 Å². The van der Waals surface area contributed by atoms with Crippen molar-refractivity contribution in [3.05, 3.63) is 29.8 Å². The van der Waals surface area contributed by atoms with E-state index in [0.717, 1.165) is 12.0 Å². The van der Waals surface area contributed by atoms with Crippen molar-refractivity contribution in [2.24, 2.45) is 0 Å². The van der Waals surface area contributed by atoms with Gasteiger partial charge in [0.15, 0.2) is 0 Å². The fraction of sp³-hybridized carbons (Fsp3) is 0.412. The zero-order valence-corrected chi connectivity index (χ0v) is 14.1. The standard InChI is InChI=1S/C17H24N2O4/c1-5-10-18-16(20)12-19(2)17(21)9-6-13-11-14(22-3)7-8-15(13)23-4/h6-9,11H,5,10,12H2,1-4H3,(H,18,20)/b9-6+. The van der Waals surface area contributed by atoms with Crippen molar-refractivity contribution in [2.75, 3.05) is 34.4 Å². The van der Waals surface area contributed by atoms with Gasteiger partial charge >= 0.3 is 0 Å². The first-order valence-electron chi connectivity index (χ1n) is 7.43. The van der Waals surface area contributed by atoms with Crippen LogP contribution >= 0.6 is 0 Å². The second-order valence-electron chi connectivity index (χ2n) is 4.99. The van der Waals surface area contributed by atoms with Gasteiger partial charge in [0.1, 0.15) is 11.5 Å². The van der Waals surface area contributed by atoms with Gasteiger partial charge in [-0.1, -0.05) is 6.92 Å². The third-order valence-electron chi connectivity index (χ3n) is 3.17. The average molecular weight is 320 g/mol. The molecule has 2 amide bonds. The van der Waals surface area contributed by atoms with Crippen LogP contribution in [0.4, 0.5) is 0 Å². The van der Waals surface area contributed by atoms with Crippen LogP contribution < -0.4 is 14.8 Å². The summed E-state index contributed by atoms with van der Waals surface area (Å²) in [6.45, 7) is 2.61. The Labute approximate surface area is 137 Å². The third kappa shape index (κ3) is 6.02. The fourth-order valence-electron chi connectivity index (χ4n) is 1.87. The summed E-state index contributed by atoms with van der Waals surface area (Å²) in [4.78, 5) is 25.0. The van der Waals surface area contributed by atoms with Crippen molar-refractivity contribution < 1.29 is 19.1 Å². The number of carbonyl (C=O) groups is 2. The summed E-state index contributed by atoms with van der Waals surface area (Å²) >= 11 is 0. The number of nitrogens with one attached hydrogen (secondary N) is 1. The van der Waals surface area contributed by atoms with Gasteiger partial charge in [-0.15, -0.1) is 0 Å². The molecule has 0 bridgehead atoms. The quantitative estimate of drug-likeness (QED) is 0.740. The topological polar surface area (TPSA) is 67.9 Å². The lowest BCUT2D eigenvalue weighted by Gasteiger charge is -2.14. The lowest BCUT2D eigenvalue weighted by atomic mass is 10.1. The highest BCUT2D eigenvalue weighted by molar-refractivity contribution is 5.94. The van der Waals surface area contributed by atoms with Crippen LogP contribution in [-0.2, 0) is 9.59 Å². The molecule has 0 aliphatic heterocycles. The van der Waals surface area contributed by atoms with Crippen LogP contribution in [0.1, 0.15) is 18.9 Å². The van der Waals surface area contributed by atoms with E-state index < -0.39 is 0 Å². The van der Waals surface area contributed by atoms with Crippen molar-refractivity contribution in [1.82, 2.24) is 10.2 Å². The number of benzene rings is 1. The van der Waals surface area contributed by atoms with Crippen LogP contribution in [0.5, 0.6) is 11.5 Å². The summed E-state index contributed by atoms with van der Waals surface area (Å²) in [5.74, 6) is 0.875. The Balaban J connectivity index is 2.72. The Kier molecular flexibility index (Phi) is 7.66. The van der Waals surface area contributed by atoms with Gasteiger partial charge in [0, 0.05) is 25.2 Å². The van der Waals surface area contributed by atoms with Crippen molar-refractivity contribution in [3.8, 4) is 11.5 Å². The molecule has 0 spiro atoms. The molecule has 6 heteroatoms. The molecular weight excluding hydrogens is 296 g/mol. The lowest BCUT2D eigenvalue weighted by Crippen LogP contribution is -2.37. The van der Waals surface area contributed by atoms with Gasteiger partial charge in [-0.25, -0.2) is 0 Å². The van der Waals surface area contributed by atoms with E-state index in [1.807, 2.05) is 6.92 Å². The summed E-state index contributed by atoms with van der Waals surface area (Å²) < 4.78 is 10.4. The minimum Gasteiger partial charge on any atom is -0.497 e. The molecule has 23 heavy (non-hydrogen) atoms. The predicted molar refractivity (Wildman–Crippen MR) is 89.5 cm³/mol. The van der Waals surface area contributed by atoms with Gasteiger partial charge in [-0.05, 0) is 30.7 Å². The van der Waals surface area contributed by atoms with Crippen molar-refractivity contribution >= 4 is 17.9 Å². The van der Waals surface area contributed by atoms with E-state index in [4.69, 9.17) is 9.47 Å². The number of ether oxygens (including phenoxy) is 2. The molecule has 126 valence electrons. The molecular formula is C17H24N2O4. The first kappa shape index (κ1) is 18.5. The lowest BCUT2D eigenvalue weighted by molar-refractivity contribution is -0.131. The Morgan fingerprint density at radius 3 is 2.61 bits per heavy atom. The molecule has 0 radical (unpaired) electrons. The van der Waals surface area contributed by atoms with Crippen molar-refractivity contribution in [3.63, 3.8) is 0 Å². The number of amides is 2. The number of methoxy groups -OCH3 is 2. The predicted octanol–water partition coefficient (Wildman–Crippen LogP) is 1.70. The van der Waals surface area contributed by atoms with Gasteiger partial charge in [0.25, 0.3) is 0 Å². The van der Waals surface area contributed by atoms with Crippen molar-refractivity contribution in [2.45, 2.75) is 13.3 Å². The third-order valence-corrected chi connectivity index (χ3v) is 3.17. The first-order valence-corrected chi connectivity index (χ1v) is 7.43. The summed E-state index contributed by atoms with van der Waals surface area (Å²) in [6, 6.07) is 5.32. The number of nitrogens with zero attached hydrogens (tertiary/aromatic N) is 1. The molecule has 0 saturated carbocycles. The highest BCUT2D eigenvalue weighted by atomic mass is 16.5. The summed E-state index contributed by atoms with van der Waals surface area (Å²) in [6.07, 6.45) is 3.91. The normalized spacial score (nSPS) is 10.4. The highest BCUT2D eigenvalue weighted by Crippen LogP contribution is 2.25. The average Bonchev–Trinajstić information content (AvgIpc) is 2.57. The molecule has 0 aliphatic carbocycles. The van der Waals surface area contributed by atoms with Gasteiger partial charge < -0.3 is 19.7 Å². The second kappa shape index (κ2) is 9.50. The molecule has 1 aromatic rings. The van der Waals surface area contributed by atoms with Crippen molar-refractivity contribution in [1.29, 1.82) is 0 Å². The maximum absolute atomic E-state index is 12.1. The Morgan fingerprint density at radius 1 is 1.26 bits per heavy atom. The molecule has 0 unspecified atom stereocenters. The van der Waals surface area contributed by atoms with Crippen LogP contribution in [0, 0.1) is 0 Å². The van der Waals surface area contributed by atoms with Gasteiger partial charge in [-0.2, -0.15) is 0 Å². The van der Waals surface area contributed by atoms with Crippen LogP contribution in [0.2, 0.25) is 0 Å². The van der Waals surface area contributed by atoms with E-state index in [9.17, 15) is 9.59 Å². The molecule has 0 fully saturated rings. The van der Waals surface area contributed by atoms with E-state index >= 15 is 0 Å². The zero-order chi connectivity index (χ0) is 17.2. The maximum Gasteiger partial charge on any atom is 0.246 e. The largest absolute Gasteiger partial charge is 0.497 e. The minimum atomic E-state index is -0.262. The Bertz CT molecular complexity index is 570. The SMILES string of the molecule is CCCNC(=O)CN(C)C(=O)/C=C/c1cc(OC)ccc1OC. The summed E-state index contributed by atoms with van der Waals surface area (Å²) in [7, 11) is 4.72. The minimum absolute atomic E-state index is 0.0262. The van der Waals surface area contributed by atoms with E-state index in [2.05, 4.69) is 5.32 Å². The second-order valence-corrected chi connectivity index (χ2v) is 4.99. The van der Waals surface area contributed by atoms with Crippen LogP contribution in [0.15, 0.2) is 24.3 Å². The molecule has 0 atom stereocenters. The zero-order valence-electron chi connectivity index (χ0n) is 14.1. The van der Waals surface area contributed by atoms with Gasteiger partial charge in [0.2, 0.25) is 11.8 Å². The molecule has 1 aromatic carbocycles. The fourth-order valence-corrected chi connectivity index (χ4v) is 1.87. The molecule has 1 N–H and O–H groups in total. The molecule has 6 nitrogen and oxygen atoms in total. The molecule has 0 saturated heterocycles. The van der Waals surface area contributed by atoms with E-state index in [1.165, 1.54) is 11.0 Å². The molecule has 0 aliphatic rings. The molecule has 1 rings (SSSR count). The smallest absolute Gasteiger partial charge is 0.246 e. The number of rotatable bonds is 8. The van der Waals surface area contributed by atoms with Gasteiger partial charge in [-0.3, -0.25) is 9.59 Å². The number of hydrogen-bond donors (Lipinski definition) is 1. The first-order chi connectivity index (χ1) is 11.0. The van der Waals surface area contributed by atoms with E-state index in [0.29, 0.717) is 18.0 Å². The maximum atomic E-state index is 12.1. The van der Waals surface area contributed by atoms with Crippen LogP contribution in [0.3, 0.4) is 0 Å². The molecule has 0 heterocycles. The monoisotopic (exact) mass is 320 g/mol. The number of likely N-dealkylation sites (N-methyl/N-ethyl adjacent to an activating group) is 1. The number of carbonyl (C=O) groups excluding carboxylic acids is 2.